The number of carbonyl (C=O) groups excluding carboxylic acids is 1. The third kappa shape index (κ3) is 3.82. The van der Waals surface area contributed by atoms with Gasteiger partial charge in [0.1, 0.15) is 5.78 Å². The van der Waals surface area contributed by atoms with Crippen molar-refractivity contribution in [3.63, 3.8) is 0 Å². The van der Waals surface area contributed by atoms with Gasteiger partial charge in [0.25, 0.3) is 0 Å². The second-order valence-electron chi connectivity index (χ2n) is 4.20. The molecule has 0 aliphatic carbocycles. The van der Waals surface area contributed by atoms with Gasteiger partial charge in [0.15, 0.2) is 0 Å². The lowest BCUT2D eigenvalue weighted by Crippen LogP contribution is -2.07. The van der Waals surface area contributed by atoms with Crippen molar-refractivity contribution >= 4 is 44.9 Å². The van der Waals surface area contributed by atoms with Crippen LogP contribution in [0, 0.1) is 0 Å². The van der Waals surface area contributed by atoms with Gasteiger partial charge in [0.05, 0.1) is 10.0 Å². The molecule has 0 radical (unpaired) electrons. The Balaban J connectivity index is 2.10. The summed E-state index contributed by atoms with van der Waals surface area (Å²) in [6.07, 6.45) is 0.672. The Morgan fingerprint density at radius 2 is 1.58 bits per heavy atom. The van der Waals surface area contributed by atoms with Crippen LogP contribution in [0.1, 0.15) is 11.1 Å². The van der Waals surface area contributed by atoms with Gasteiger partial charge in [-0.1, -0.05) is 69.5 Å². The summed E-state index contributed by atoms with van der Waals surface area (Å²) < 4.78 is 0.945. The number of benzene rings is 2. The van der Waals surface area contributed by atoms with Crippen LogP contribution in [0.5, 0.6) is 0 Å². The number of halogens is 3. The molecule has 98 valence electrons. The monoisotopic (exact) mass is 356 g/mol. The number of hydrogen-bond donors (Lipinski definition) is 0. The molecule has 0 saturated carbocycles. The summed E-state index contributed by atoms with van der Waals surface area (Å²) in [6.45, 7) is 0. The van der Waals surface area contributed by atoms with Crippen LogP contribution >= 0.6 is 39.1 Å². The van der Waals surface area contributed by atoms with E-state index in [0.717, 1.165) is 15.6 Å². The van der Waals surface area contributed by atoms with E-state index in [2.05, 4.69) is 15.9 Å². The van der Waals surface area contributed by atoms with E-state index in [1.54, 1.807) is 12.1 Å². The van der Waals surface area contributed by atoms with Gasteiger partial charge in [0, 0.05) is 17.3 Å². The number of Topliss-reactive ketones (excluding diaryl/α,β-unsaturated/α-hetero) is 1. The first kappa shape index (κ1) is 14.6. The molecule has 2 rings (SSSR count). The predicted molar refractivity (Wildman–Crippen MR) is 83.0 cm³/mol. The van der Waals surface area contributed by atoms with Crippen molar-refractivity contribution in [3.8, 4) is 0 Å². The Bertz CT molecular complexity index is 611. The Hall–Kier alpha value is -0.830. The maximum atomic E-state index is 12.1. The van der Waals surface area contributed by atoms with Crippen LogP contribution < -0.4 is 0 Å². The first-order chi connectivity index (χ1) is 9.08. The lowest BCUT2D eigenvalue weighted by Gasteiger charge is -2.06. The molecule has 0 amide bonds. The number of carbonyl (C=O) groups is 1. The highest BCUT2D eigenvalue weighted by atomic mass is 79.9. The summed E-state index contributed by atoms with van der Waals surface area (Å²) in [7, 11) is 0. The molecule has 1 nitrogen and oxygen atoms in total. The molecule has 0 N–H and O–H groups in total. The van der Waals surface area contributed by atoms with Crippen LogP contribution in [0.3, 0.4) is 0 Å². The highest BCUT2D eigenvalue weighted by Gasteiger charge is 2.11. The van der Waals surface area contributed by atoms with Crippen LogP contribution in [0.2, 0.25) is 10.0 Å². The fraction of sp³-hybridized carbons (Fsp3) is 0.133. The molecular weight excluding hydrogens is 347 g/mol. The maximum absolute atomic E-state index is 12.1. The van der Waals surface area contributed by atoms with Crippen LogP contribution in [0.15, 0.2) is 46.9 Å². The van der Waals surface area contributed by atoms with Gasteiger partial charge in [-0.25, -0.2) is 0 Å². The number of hydrogen-bond acceptors (Lipinski definition) is 1. The fourth-order valence-electron chi connectivity index (χ4n) is 1.81. The molecule has 0 unspecified atom stereocenters. The lowest BCUT2D eigenvalue weighted by atomic mass is 10.0. The summed E-state index contributed by atoms with van der Waals surface area (Å²) in [5.41, 5.74) is 1.75. The topological polar surface area (TPSA) is 17.1 Å². The minimum Gasteiger partial charge on any atom is -0.299 e. The minimum absolute atomic E-state index is 0.107. The second kappa shape index (κ2) is 6.56. The van der Waals surface area contributed by atoms with Crippen molar-refractivity contribution in [1.82, 2.24) is 0 Å². The molecule has 0 aliphatic rings. The Morgan fingerprint density at radius 1 is 0.947 bits per heavy atom. The fourth-order valence-corrected chi connectivity index (χ4v) is 2.63. The predicted octanol–water partition coefficient (Wildman–Crippen LogP) is 5.11. The first-order valence-electron chi connectivity index (χ1n) is 5.76. The average molecular weight is 358 g/mol. The van der Waals surface area contributed by atoms with Crippen molar-refractivity contribution in [2.75, 3.05) is 0 Å². The van der Waals surface area contributed by atoms with Crippen molar-refractivity contribution in [3.05, 3.63) is 68.1 Å². The molecule has 0 aromatic heterocycles. The quantitative estimate of drug-likeness (QED) is 0.743. The molecule has 2 aromatic carbocycles. The van der Waals surface area contributed by atoms with Crippen LogP contribution in [-0.4, -0.2) is 5.78 Å². The van der Waals surface area contributed by atoms with Gasteiger partial charge in [-0.15, -0.1) is 0 Å². The summed E-state index contributed by atoms with van der Waals surface area (Å²) in [5.74, 6) is 0.107. The maximum Gasteiger partial charge on any atom is 0.141 e. The smallest absolute Gasteiger partial charge is 0.141 e. The first-order valence-corrected chi connectivity index (χ1v) is 7.31. The van der Waals surface area contributed by atoms with Crippen LogP contribution in [0.25, 0.3) is 0 Å². The summed E-state index contributed by atoms with van der Waals surface area (Å²) in [5, 5.41) is 0.942. The number of rotatable bonds is 4. The highest BCUT2D eigenvalue weighted by Crippen LogP contribution is 2.26. The van der Waals surface area contributed by atoms with Crippen molar-refractivity contribution < 1.29 is 4.79 Å². The summed E-state index contributed by atoms with van der Waals surface area (Å²) in [4.78, 5) is 12.1. The molecule has 0 fully saturated rings. The zero-order valence-electron chi connectivity index (χ0n) is 10.00. The van der Waals surface area contributed by atoms with Gasteiger partial charge in [-0.2, -0.15) is 0 Å². The van der Waals surface area contributed by atoms with Crippen molar-refractivity contribution in [2.24, 2.45) is 0 Å². The van der Waals surface area contributed by atoms with Gasteiger partial charge in [-0.3, -0.25) is 4.79 Å². The number of ketones is 1. The minimum atomic E-state index is 0.107. The highest BCUT2D eigenvalue weighted by molar-refractivity contribution is 9.10. The summed E-state index contributed by atoms with van der Waals surface area (Å²) in [6, 6.07) is 13.0. The van der Waals surface area contributed by atoms with Crippen LogP contribution in [-0.2, 0) is 17.6 Å². The van der Waals surface area contributed by atoms with E-state index >= 15 is 0 Å². The molecule has 0 aliphatic heterocycles. The van der Waals surface area contributed by atoms with Gasteiger partial charge >= 0.3 is 0 Å². The van der Waals surface area contributed by atoms with Gasteiger partial charge in [0.2, 0.25) is 0 Å². The van der Waals surface area contributed by atoms with E-state index in [4.69, 9.17) is 23.2 Å². The molecule has 19 heavy (non-hydrogen) atoms. The van der Waals surface area contributed by atoms with E-state index < -0.39 is 0 Å². The van der Waals surface area contributed by atoms with E-state index in [9.17, 15) is 4.79 Å². The summed E-state index contributed by atoms with van der Waals surface area (Å²) >= 11 is 15.4. The molecule has 2 aromatic rings. The Labute approximate surface area is 130 Å². The standard InChI is InChI=1S/C15H11BrCl2O/c16-13-6-2-1-4-10(13)8-12(19)9-11-5-3-7-14(17)15(11)18/h1-7H,8-9H2. The normalized spacial score (nSPS) is 10.5. The molecule has 0 atom stereocenters. The largest absolute Gasteiger partial charge is 0.299 e. The molecule has 0 spiro atoms. The molecule has 0 saturated heterocycles. The van der Waals surface area contributed by atoms with Crippen molar-refractivity contribution in [1.29, 1.82) is 0 Å². The third-order valence-corrected chi connectivity index (χ3v) is 4.40. The molecule has 0 bridgehead atoms. The van der Waals surface area contributed by atoms with E-state index in [1.165, 1.54) is 0 Å². The lowest BCUT2D eigenvalue weighted by molar-refractivity contribution is -0.117. The van der Waals surface area contributed by atoms with E-state index in [0.29, 0.717) is 22.9 Å². The average Bonchev–Trinajstić information content (AvgIpc) is 2.38. The molecular formula is C15H11BrCl2O. The zero-order chi connectivity index (χ0) is 13.8. The molecule has 0 heterocycles. The van der Waals surface area contributed by atoms with Gasteiger partial charge in [-0.05, 0) is 23.3 Å². The SMILES string of the molecule is O=C(Cc1ccccc1Br)Cc1cccc(Cl)c1Cl. The van der Waals surface area contributed by atoms with Crippen LogP contribution in [0.4, 0.5) is 0 Å². The van der Waals surface area contributed by atoms with Gasteiger partial charge < -0.3 is 0 Å². The zero-order valence-corrected chi connectivity index (χ0v) is 13.1. The Kier molecular flexibility index (Phi) is 5.03. The van der Waals surface area contributed by atoms with Crippen molar-refractivity contribution in [2.45, 2.75) is 12.8 Å². The van der Waals surface area contributed by atoms with E-state index in [-0.39, 0.29) is 5.78 Å². The molecule has 4 heteroatoms. The Morgan fingerprint density at radius 3 is 2.32 bits per heavy atom. The third-order valence-electron chi connectivity index (χ3n) is 2.76. The second-order valence-corrected chi connectivity index (χ2v) is 5.84. The van der Waals surface area contributed by atoms with E-state index in [1.807, 2.05) is 30.3 Å².